The molecule has 3 rings (SSSR count). The van der Waals surface area contributed by atoms with Crippen molar-refractivity contribution < 1.29 is 54.4 Å². The van der Waals surface area contributed by atoms with Crippen molar-refractivity contribution in [3.63, 3.8) is 0 Å². The molecular weight excluding hydrogens is 440 g/mol. The average molecular weight is 464 g/mol. The Kier molecular flexibility index (Phi) is 7.61. The summed E-state index contributed by atoms with van der Waals surface area (Å²) in [7, 11) is 1.34. The molecule has 0 amide bonds. The second kappa shape index (κ2) is 10.4. The highest BCUT2D eigenvalue weighted by atomic mass is 16.7. The minimum Gasteiger partial charge on any atom is -0.504 e. The number of rotatable bonds is 7. The summed E-state index contributed by atoms with van der Waals surface area (Å²) < 4.78 is 21.0. The van der Waals surface area contributed by atoms with Crippen LogP contribution < -0.4 is 9.47 Å². The molecule has 0 radical (unpaired) electrons. The molecule has 33 heavy (non-hydrogen) atoms. The van der Waals surface area contributed by atoms with Crippen LogP contribution in [0, 0.1) is 0 Å². The molecule has 1 saturated heterocycles. The Bertz CT molecular complexity index is 1010. The van der Waals surface area contributed by atoms with Gasteiger partial charge in [0.1, 0.15) is 36.8 Å². The quantitative estimate of drug-likeness (QED) is 0.188. The summed E-state index contributed by atoms with van der Waals surface area (Å²) in [6.07, 6.45) is -5.08. The number of carbonyl (C=O) groups is 1. The second-order valence-electron chi connectivity index (χ2n) is 7.18. The SMILES string of the molecule is COc1cc(O[C@@H]2O[C@H](COC(=O)C=Cc3ccc(O)c(O)c3)[C@@H](O)[C@H](O)[C@H]2O)ccc1O. The third kappa shape index (κ3) is 5.84. The molecule has 0 aromatic heterocycles. The number of methoxy groups -OCH3 is 1. The zero-order valence-electron chi connectivity index (χ0n) is 17.4. The van der Waals surface area contributed by atoms with Gasteiger partial charge in [0.05, 0.1) is 7.11 Å². The molecule has 11 nitrogen and oxygen atoms in total. The Hall–Kier alpha value is -3.51. The molecule has 178 valence electrons. The Morgan fingerprint density at radius 2 is 1.70 bits per heavy atom. The van der Waals surface area contributed by atoms with Crippen LogP contribution in [0.2, 0.25) is 0 Å². The highest BCUT2D eigenvalue weighted by Gasteiger charge is 2.45. The van der Waals surface area contributed by atoms with E-state index < -0.39 is 43.3 Å². The van der Waals surface area contributed by atoms with Gasteiger partial charge in [0, 0.05) is 12.1 Å². The van der Waals surface area contributed by atoms with Gasteiger partial charge >= 0.3 is 5.97 Å². The number of aromatic hydroxyl groups is 3. The van der Waals surface area contributed by atoms with Crippen LogP contribution in [0.25, 0.3) is 6.08 Å². The number of aliphatic hydroxyl groups is 3. The fraction of sp³-hybridized carbons (Fsp3) is 0.318. The van der Waals surface area contributed by atoms with E-state index in [0.29, 0.717) is 5.56 Å². The molecule has 1 heterocycles. The van der Waals surface area contributed by atoms with Gasteiger partial charge in [0.2, 0.25) is 6.29 Å². The molecule has 0 saturated carbocycles. The molecule has 0 aliphatic carbocycles. The average Bonchev–Trinajstić information content (AvgIpc) is 2.80. The molecule has 6 N–H and O–H groups in total. The lowest BCUT2D eigenvalue weighted by Crippen LogP contribution is -2.60. The van der Waals surface area contributed by atoms with Gasteiger partial charge in [-0.05, 0) is 35.9 Å². The van der Waals surface area contributed by atoms with Gasteiger partial charge < -0.3 is 49.6 Å². The summed E-state index contributed by atoms with van der Waals surface area (Å²) in [4.78, 5) is 12.0. The fourth-order valence-electron chi connectivity index (χ4n) is 3.04. The van der Waals surface area contributed by atoms with Crippen LogP contribution in [0.4, 0.5) is 0 Å². The summed E-state index contributed by atoms with van der Waals surface area (Å²) in [6.45, 7) is -0.465. The van der Waals surface area contributed by atoms with Gasteiger partial charge in [-0.2, -0.15) is 0 Å². The zero-order chi connectivity index (χ0) is 24.1. The summed E-state index contributed by atoms with van der Waals surface area (Å²) in [6, 6.07) is 7.98. The standard InChI is InChI=1S/C22H24O11/c1-30-16-9-12(4-6-14(16)24)32-22-21(29)20(28)19(27)17(33-22)10-31-18(26)7-3-11-2-5-13(23)15(25)8-11/h2-9,17,19-25,27-29H,10H2,1H3/t17-,19-,20+,21-,22-/m1/s1. The third-order valence-corrected chi connectivity index (χ3v) is 4.87. The van der Waals surface area contributed by atoms with Gasteiger partial charge in [0.25, 0.3) is 0 Å². The van der Waals surface area contributed by atoms with Gasteiger partial charge in [0.15, 0.2) is 23.0 Å². The molecule has 0 bridgehead atoms. The summed E-state index contributed by atoms with van der Waals surface area (Å²) in [5.74, 6) is -1.34. The van der Waals surface area contributed by atoms with Crippen LogP contribution in [0.15, 0.2) is 42.5 Å². The smallest absolute Gasteiger partial charge is 0.330 e. The van der Waals surface area contributed by atoms with Gasteiger partial charge in [-0.25, -0.2) is 4.79 Å². The summed E-state index contributed by atoms with van der Waals surface area (Å²) in [5.41, 5.74) is 0.424. The van der Waals surface area contributed by atoms with Gasteiger partial charge in [-0.3, -0.25) is 0 Å². The first kappa shape index (κ1) is 24.1. The van der Waals surface area contributed by atoms with Crippen molar-refractivity contribution in [3.8, 4) is 28.7 Å². The van der Waals surface area contributed by atoms with E-state index in [2.05, 4.69) is 0 Å². The van der Waals surface area contributed by atoms with Crippen molar-refractivity contribution in [2.24, 2.45) is 0 Å². The number of ether oxygens (including phenoxy) is 4. The van der Waals surface area contributed by atoms with E-state index >= 15 is 0 Å². The van der Waals surface area contributed by atoms with Crippen LogP contribution in [-0.4, -0.2) is 81.0 Å². The zero-order valence-corrected chi connectivity index (χ0v) is 17.4. The maximum absolute atomic E-state index is 12.0. The van der Waals surface area contributed by atoms with E-state index in [1.165, 1.54) is 49.6 Å². The number of phenols is 3. The van der Waals surface area contributed by atoms with Gasteiger partial charge in [-0.15, -0.1) is 0 Å². The van der Waals surface area contributed by atoms with Crippen molar-refractivity contribution in [2.45, 2.75) is 30.7 Å². The minimum atomic E-state index is -1.65. The number of hydrogen-bond acceptors (Lipinski definition) is 11. The lowest BCUT2D eigenvalue weighted by molar-refractivity contribution is -0.278. The fourth-order valence-corrected chi connectivity index (χ4v) is 3.04. The number of aliphatic hydroxyl groups excluding tert-OH is 3. The van der Waals surface area contributed by atoms with Crippen LogP contribution in [0.3, 0.4) is 0 Å². The van der Waals surface area contributed by atoms with E-state index in [1.54, 1.807) is 0 Å². The van der Waals surface area contributed by atoms with Crippen molar-refractivity contribution in [1.29, 1.82) is 0 Å². The largest absolute Gasteiger partial charge is 0.504 e. The summed E-state index contributed by atoms with van der Waals surface area (Å²) in [5, 5.41) is 59.0. The van der Waals surface area contributed by atoms with Crippen LogP contribution in [0.5, 0.6) is 28.7 Å². The molecule has 0 spiro atoms. The minimum absolute atomic E-state index is 0.109. The Balaban J connectivity index is 1.61. The van der Waals surface area contributed by atoms with E-state index in [4.69, 9.17) is 18.9 Å². The van der Waals surface area contributed by atoms with Crippen molar-refractivity contribution >= 4 is 12.0 Å². The Labute approximate surface area is 188 Å². The molecule has 2 aromatic rings. The monoisotopic (exact) mass is 464 g/mol. The number of benzene rings is 2. The Morgan fingerprint density at radius 3 is 2.39 bits per heavy atom. The third-order valence-electron chi connectivity index (χ3n) is 4.87. The Morgan fingerprint density at radius 1 is 0.970 bits per heavy atom. The van der Waals surface area contributed by atoms with Crippen LogP contribution >= 0.6 is 0 Å². The summed E-state index contributed by atoms with van der Waals surface area (Å²) >= 11 is 0. The van der Waals surface area contributed by atoms with Gasteiger partial charge in [-0.1, -0.05) is 6.07 Å². The lowest BCUT2D eigenvalue weighted by atomic mass is 9.99. The van der Waals surface area contributed by atoms with Crippen LogP contribution in [-0.2, 0) is 14.3 Å². The first-order valence-corrected chi connectivity index (χ1v) is 9.79. The van der Waals surface area contributed by atoms with Crippen LogP contribution in [0.1, 0.15) is 5.56 Å². The first-order valence-electron chi connectivity index (χ1n) is 9.79. The molecule has 1 aliphatic heterocycles. The number of esters is 1. The molecule has 2 aromatic carbocycles. The predicted molar refractivity (Wildman–Crippen MR) is 112 cm³/mol. The van der Waals surface area contributed by atoms with E-state index in [-0.39, 0.29) is 28.7 Å². The predicted octanol–water partition coefficient (Wildman–Crippen LogP) is 0.255. The number of hydrogen-bond donors (Lipinski definition) is 6. The molecule has 0 unspecified atom stereocenters. The van der Waals surface area contributed by atoms with E-state index in [9.17, 15) is 35.4 Å². The lowest BCUT2D eigenvalue weighted by Gasteiger charge is -2.39. The van der Waals surface area contributed by atoms with E-state index in [0.717, 1.165) is 6.08 Å². The highest BCUT2D eigenvalue weighted by molar-refractivity contribution is 5.87. The topological polar surface area (TPSA) is 175 Å². The highest BCUT2D eigenvalue weighted by Crippen LogP contribution is 2.32. The van der Waals surface area contributed by atoms with Crippen molar-refractivity contribution in [2.75, 3.05) is 13.7 Å². The number of carbonyl (C=O) groups excluding carboxylic acids is 1. The van der Waals surface area contributed by atoms with Crippen molar-refractivity contribution in [3.05, 3.63) is 48.0 Å². The van der Waals surface area contributed by atoms with Crippen molar-refractivity contribution in [1.82, 2.24) is 0 Å². The van der Waals surface area contributed by atoms with E-state index in [1.807, 2.05) is 0 Å². The normalized spacial score (nSPS) is 25.0. The molecule has 1 fully saturated rings. The maximum atomic E-state index is 12.0. The number of phenolic OH excluding ortho intramolecular Hbond substituents is 3. The first-order chi connectivity index (χ1) is 15.7. The second-order valence-corrected chi connectivity index (χ2v) is 7.18. The molecule has 5 atom stereocenters. The maximum Gasteiger partial charge on any atom is 0.330 e. The molecular formula is C22H24O11. The molecule has 1 aliphatic rings. The molecule has 11 heteroatoms.